The summed E-state index contributed by atoms with van der Waals surface area (Å²) < 4.78 is 1.75. The van der Waals surface area contributed by atoms with Gasteiger partial charge in [0.1, 0.15) is 17.9 Å². The van der Waals surface area contributed by atoms with Crippen LogP contribution < -0.4 is 0 Å². The molecule has 1 aliphatic heterocycles. The highest BCUT2D eigenvalue weighted by Crippen LogP contribution is 2.33. The van der Waals surface area contributed by atoms with Crippen molar-refractivity contribution >= 4 is 22.8 Å². The van der Waals surface area contributed by atoms with Gasteiger partial charge in [-0.1, -0.05) is 13.8 Å². The summed E-state index contributed by atoms with van der Waals surface area (Å²) in [6.45, 7) is 4.27. The van der Waals surface area contributed by atoms with Crippen molar-refractivity contribution in [1.82, 2.24) is 14.5 Å². The topological polar surface area (TPSA) is 55.2 Å². The van der Waals surface area contributed by atoms with E-state index in [-0.39, 0.29) is 24.3 Å². The van der Waals surface area contributed by atoms with Crippen LogP contribution in [0.2, 0.25) is 0 Å². The van der Waals surface area contributed by atoms with Gasteiger partial charge in [0, 0.05) is 18.6 Å². The molecule has 0 N–H and O–H groups in total. The van der Waals surface area contributed by atoms with Gasteiger partial charge in [0.2, 0.25) is 5.91 Å². The second-order valence-corrected chi connectivity index (χ2v) is 5.14. The van der Waals surface area contributed by atoms with E-state index >= 15 is 0 Å². The average Bonchev–Trinajstić information content (AvgIpc) is 2.71. The van der Waals surface area contributed by atoms with E-state index in [0.29, 0.717) is 5.69 Å². The summed E-state index contributed by atoms with van der Waals surface area (Å²) in [7, 11) is 1.53. The number of nitrogens with zero attached hydrogens (tertiary/aromatic N) is 3. The third kappa shape index (κ3) is 1.51. The second kappa shape index (κ2) is 3.91. The fraction of sp³-hybridized carbons (Fsp3) is 0.357. The smallest absolute Gasteiger partial charge is 0.277 e. The molecular weight excluding hydrogens is 242 g/mol. The van der Waals surface area contributed by atoms with Crippen molar-refractivity contribution in [3.8, 4) is 0 Å². The maximum atomic E-state index is 12.4. The van der Waals surface area contributed by atoms with Crippen LogP contribution in [-0.4, -0.2) is 33.3 Å². The summed E-state index contributed by atoms with van der Waals surface area (Å²) >= 11 is 0. The van der Waals surface area contributed by atoms with Gasteiger partial charge in [-0.2, -0.15) is 0 Å². The molecule has 0 spiro atoms. The third-order valence-corrected chi connectivity index (χ3v) is 3.61. The minimum absolute atomic E-state index is 0.178. The zero-order chi connectivity index (χ0) is 13.7. The molecule has 2 aromatic heterocycles. The molecule has 0 aliphatic carbocycles. The second-order valence-electron chi connectivity index (χ2n) is 5.14. The Kier molecular flexibility index (Phi) is 2.45. The van der Waals surface area contributed by atoms with Crippen LogP contribution in [0.3, 0.4) is 0 Å². The lowest BCUT2D eigenvalue weighted by Gasteiger charge is -2.24. The molecule has 0 saturated carbocycles. The van der Waals surface area contributed by atoms with Gasteiger partial charge in [-0.25, -0.2) is 4.98 Å². The Morgan fingerprint density at radius 1 is 1.32 bits per heavy atom. The van der Waals surface area contributed by atoms with E-state index in [2.05, 4.69) is 4.98 Å². The van der Waals surface area contributed by atoms with Crippen LogP contribution in [0.4, 0.5) is 0 Å². The largest absolute Gasteiger partial charge is 0.311 e. The van der Waals surface area contributed by atoms with E-state index in [4.69, 9.17) is 0 Å². The molecule has 2 amide bonds. The molecule has 5 nitrogen and oxygen atoms in total. The molecule has 0 radical (unpaired) electrons. The monoisotopic (exact) mass is 257 g/mol. The molecule has 3 rings (SSSR count). The van der Waals surface area contributed by atoms with E-state index in [9.17, 15) is 9.59 Å². The molecule has 2 aromatic rings. The summed E-state index contributed by atoms with van der Waals surface area (Å²) in [4.78, 5) is 29.8. The summed E-state index contributed by atoms with van der Waals surface area (Å²) in [6.07, 6.45) is 1.69. The predicted molar refractivity (Wildman–Crippen MR) is 70.9 cm³/mol. The molecular formula is C14H15N3O2. The molecule has 0 aromatic carbocycles. The highest BCUT2D eigenvalue weighted by Gasteiger charge is 2.34. The van der Waals surface area contributed by atoms with Crippen molar-refractivity contribution in [2.75, 3.05) is 7.05 Å². The van der Waals surface area contributed by atoms with Crippen LogP contribution in [0.15, 0.2) is 18.3 Å². The Balaban J connectivity index is 2.42. The van der Waals surface area contributed by atoms with Gasteiger partial charge in [0.05, 0.1) is 0 Å². The highest BCUT2D eigenvalue weighted by molar-refractivity contribution is 6.10. The van der Waals surface area contributed by atoms with Crippen LogP contribution in [0.5, 0.6) is 0 Å². The van der Waals surface area contributed by atoms with Gasteiger partial charge in [-0.05, 0) is 23.6 Å². The lowest BCUT2D eigenvalue weighted by Crippen LogP contribution is -2.42. The maximum absolute atomic E-state index is 12.4. The summed E-state index contributed by atoms with van der Waals surface area (Å²) in [5.74, 6) is -0.234. The maximum Gasteiger partial charge on any atom is 0.277 e. The Morgan fingerprint density at radius 2 is 2.05 bits per heavy atom. The first kappa shape index (κ1) is 11.9. The van der Waals surface area contributed by atoms with E-state index in [1.807, 2.05) is 26.0 Å². The molecule has 0 atom stereocenters. The van der Waals surface area contributed by atoms with Gasteiger partial charge in [0.25, 0.3) is 5.91 Å². The first-order valence-electron chi connectivity index (χ1n) is 6.30. The molecule has 19 heavy (non-hydrogen) atoms. The zero-order valence-electron chi connectivity index (χ0n) is 11.2. The SMILES string of the molecule is CC(C)c1c2n(c3ncccc13)CC(=O)N(C)C2=O. The number of amides is 2. The number of likely N-dealkylation sites (N-methyl/N-ethyl adjacent to an activating group) is 1. The number of rotatable bonds is 1. The molecule has 5 heteroatoms. The molecule has 0 fully saturated rings. The predicted octanol–water partition coefficient (Wildman–Crippen LogP) is 1.77. The Hall–Kier alpha value is -2.17. The fourth-order valence-electron chi connectivity index (χ4n) is 2.68. The standard InChI is InChI=1S/C14H15N3O2/c1-8(2)11-9-5-4-6-15-13(9)17-7-10(18)16(3)14(19)12(11)17/h4-6,8H,7H2,1-3H3. The summed E-state index contributed by atoms with van der Waals surface area (Å²) in [5, 5.41) is 0.962. The van der Waals surface area contributed by atoms with Gasteiger partial charge in [-0.15, -0.1) is 0 Å². The summed E-state index contributed by atoms with van der Waals surface area (Å²) in [6, 6.07) is 3.82. The number of imide groups is 1. The minimum atomic E-state index is -0.238. The van der Waals surface area contributed by atoms with Crippen LogP contribution in [0.1, 0.15) is 35.8 Å². The first-order chi connectivity index (χ1) is 9.02. The number of hydrogen-bond donors (Lipinski definition) is 0. The number of carbonyl (C=O) groups is 2. The van der Waals surface area contributed by atoms with E-state index in [1.165, 1.54) is 11.9 Å². The Morgan fingerprint density at radius 3 is 2.74 bits per heavy atom. The van der Waals surface area contributed by atoms with E-state index in [0.717, 1.165) is 16.6 Å². The molecule has 0 unspecified atom stereocenters. The van der Waals surface area contributed by atoms with Crippen molar-refractivity contribution in [2.24, 2.45) is 0 Å². The van der Waals surface area contributed by atoms with Gasteiger partial charge < -0.3 is 4.57 Å². The van der Waals surface area contributed by atoms with Gasteiger partial charge in [-0.3, -0.25) is 14.5 Å². The lowest BCUT2D eigenvalue weighted by atomic mass is 9.99. The van der Waals surface area contributed by atoms with Crippen LogP contribution >= 0.6 is 0 Å². The van der Waals surface area contributed by atoms with Crippen molar-refractivity contribution in [3.05, 3.63) is 29.6 Å². The quantitative estimate of drug-likeness (QED) is 0.732. The van der Waals surface area contributed by atoms with Crippen molar-refractivity contribution < 1.29 is 9.59 Å². The van der Waals surface area contributed by atoms with Crippen molar-refractivity contribution in [1.29, 1.82) is 0 Å². The molecule has 3 heterocycles. The van der Waals surface area contributed by atoms with Gasteiger partial charge >= 0.3 is 0 Å². The molecule has 1 aliphatic rings. The molecule has 0 saturated heterocycles. The normalized spacial score (nSPS) is 15.5. The lowest BCUT2D eigenvalue weighted by molar-refractivity contribution is -0.128. The minimum Gasteiger partial charge on any atom is -0.311 e. The molecule has 0 bridgehead atoms. The van der Waals surface area contributed by atoms with E-state index in [1.54, 1.807) is 10.8 Å². The van der Waals surface area contributed by atoms with Crippen LogP contribution in [-0.2, 0) is 11.3 Å². The number of aromatic nitrogens is 2. The van der Waals surface area contributed by atoms with Crippen molar-refractivity contribution in [3.63, 3.8) is 0 Å². The number of carbonyl (C=O) groups excluding carboxylic acids is 2. The van der Waals surface area contributed by atoms with E-state index < -0.39 is 0 Å². The fourth-order valence-corrected chi connectivity index (χ4v) is 2.68. The highest BCUT2D eigenvalue weighted by atomic mass is 16.2. The number of hydrogen-bond acceptors (Lipinski definition) is 3. The first-order valence-corrected chi connectivity index (χ1v) is 6.30. The van der Waals surface area contributed by atoms with Crippen molar-refractivity contribution in [2.45, 2.75) is 26.3 Å². The van der Waals surface area contributed by atoms with Crippen LogP contribution in [0, 0.1) is 0 Å². The zero-order valence-corrected chi connectivity index (χ0v) is 11.2. The third-order valence-electron chi connectivity index (χ3n) is 3.61. The Labute approximate surface area is 110 Å². The molecule has 98 valence electrons. The number of pyridine rings is 1. The summed E-state index contributed by atoms with van der Waals surface area (Å²) in [5.41, 5.74) is 2.30. The average molecular weight is 257 g/mol. The van der Waals surface area contributed by atoms with Gasteiger partial charge in [0.15, 0.2) is 0 Å². The Bertz CT molecular complexity index is 700. The van der Waals surface area contributed by atoms with Crippen LogP contribution in [0.25, 0.3) is 11.0 Å². The number of fused-ring (bicyclic) bond motifs is 3.